The molecule has 3 aromatic carbocycles. The number of benzene rings is 3. The van der Waals surface area contributed by atoms with Crippen LogP contribution < -0.4 is 19.5 Å². The van der Waals surface area contributed by atoms with Crippen LogP contribution in [0.2, 0.25) is 0 Å². The molecule has 0 fully saturated rings. The Bertz CT molecular complexity index is 1170. The molecule has 0 aromatic heterocycles. The minimum absolute atomic E-state index is 0.0252. The molecule has 0 saturated carbocycles. The molecule has 0 saturated heterocycles. The van der Waals surface area contributed by atoms with Gasteiger partial charge in [0.2, 0.25) is 0 Å². The normalized spacial score (nSPS) is 15.8. The molecule has 0 spiro atoms. The smallest absolute Gasteiger partial charge is 0.488 e. The zero-order valence-electron chi connectivity index (χ0n) is 17.1. The van der Waals surface area contributed by atoms with E-state index in [1.165, 1.54) is 30.3 Å². The number of alkyl halides is 7. The second-order valence-corrected chi connectivity index (χ2v) is 7.30. The van der Waals surface area contributed by atoms with E-state index in [-0.39, 0.29) is 12.4 Å². The minimum Gasteiger partial charge on any atom is -0.488 e. The Labute approximate surface area is 188 Å². The second-order valence-electron chi connectivity index (χ2n) is 7.30. The van der Waals surface area contributed by atoms with Crippen molar-refractivity contribution in [1.29, 1.82) is 0 Å². The lowest BCUT2D eigenvalue weighted by Gasteiger charge is -2.29. The lowest BCUT2D eigenvalue weighted by Crippen LogP contribution is -2.33. The molecule has 3 aromatic rings. The monoisotopic (exact) mass is 487 g/mol. The summed E-state index contributed by atoms with van der Waals surface area (Å²) < 4.78 is 103. The third kappa shape index (κ3) is 5.29. The summed E-state index contributed by atoms with van der Waals surface area (Å²) in [5.74, 6) is -0.452. The number of halogens is 7. The number of nitrogens with one attached hydrogen (secondary N) is 1. The summed E-state index contributed by atoms with van der Waals surface area (Å²) in [6.45, 7) is 0.0252. The summed E-state index contributed by atoms with van der Waals surface area (Å²) in [6.07, 6.45) is -13.5. The second kappa shape index (κ2) is 8.96. The van der Waals surface area contributed by atoms with E-state index in [2.05, 4.69) is 14.8 Å². The van der Waals surface area contributed by atoms with Gasteiger partial charge < -0.3 is 19.5 Å². The number of anilines is 1. The summed E-state index contributed by atoms with van der Waals surface area (Å²) in [5.41, 5.74) is 1.87. The van der Waals surface area contributed by atoms with Crippen molar-refractivity contribution in [2.75, 3.05) is 11.9 Å². The van der Waals surface area contributed by atoms with Gasteiger partial charge in [-0.3, -0.25) is 0 Å². The van der Waals surface area contributed by atoms with Crippen LogP contribution in [0.5, 0.6) is 17.2 Å². The molecule has 1 unspecified atom stereocenters. The maximum absolute atomic E-state index is 13.2. The van der Waals surface area contributed by atoms with E-state index in [9.17, 15) is 30.7 Å². The van der Waals surface area contributed by atoms with E-state index < -0.39 is 30.7 Å². The molecular weight excluding hydrogens is 471 g/mol. The molecule has 11 heteroatoms. The highest BCUT2D eigenvalue weighted by atomic mass is 19.4. The molecule has 4 rings (SSSR count). The van der Waals surface area contributed by atoms with Crippen molar-refractivity contribution in [2.45, 2.75) is 24.9 Å². The van der Waals surface area contributed by atoms with Gasteiger partial charge >= 0.3 is 18.9 Å². The maximum Gasteiger partial charge on any atom is 0.573 e. The molecule has 0 amide bonds. The van der Waals surface area contributed by atoms with Crippen molar-refractivity contribution in [3.8, 4) is 28.4 Å². The van der Waals surface area contributed by atoms with Gasteiger partial charge in [-0.15, -0.1) is 13.2 Å². The van der Waals surface area contributed by atoms with Gasteiger partial charge in [-0.25, -0.2) is 0 Å². The average Bonchev–Trinajstić information content (AvgIpc) is 2.77. The molecule has 1 N–H and O–H groups in total. The third-order valence-corrected chi connectivity index (χ3v) is 4.89. The SMILES string of the molecule is FC(F)C(F)(F)Oc1cccc(C2COc3c(cccc3-c3cccc(OC(F)(F)F)c3)N2)c1. The summed E-state index contributed by atoms with van der Waals surface area (Å²) >= 11 is 0. The molecule has 1 atom stereocenters. The highest BCUT2D eigenvalue weighted by Crippen LogP contribution is 2.42. The largest absolute Gasteiger partial charge is 0.573 e. The maximum atomic E-state index is 13.2. The lowest BCUT2D eigenvalue weighted by molar-refractivity contribution is -0.274. The third-order valence-electron chi connectivity index (χ3n) is 4.89. The summed E-state index contributed by atoms with van der Waals surface area (Å²) in [7, 11) is 0. The van der Waals surface area contributed by atoms with Crippen molar-refractivity contribution in [3.05, 3.63) is 72.3 Å². The van der Waals surface area contributed by atoms with Crippen LogP contribution in [0.25, 0.3) is 11.1 Å². The van der Waals surface area contributed by atoms with Crippen molar-refractivity contribution in [3.63, 3.8) is 0 Å². The van der Waals surface area contributed by atoms with Crippen LogP contribution in [0.15, 0.2) is 66.7 Å². The molecule has 4 nitrogen and oxygen atoms in total. The first-order chi connectivity index (χ1) is 16.0. The fraction of sp³-hybridized carbons (Fsp3) is 0.217. The van der Waals surface area contributed by atoms with Gasteiger partial charge in [0.05, 0.1) is 11.7 Å². The van der Waals surface area contributed by atoms with E-state index in [4.69, 9.17) is 4.74 Å². The zero-order valence-corrected chi connectivity index (χ0v) is 17.1. The van der Waals surface area contributed by atoms with E-state index in [1.807, 2.05) is 0 Å². The average molecular weight is 487 g/mol. The summed E-state index contributed by atoms with van der Waals surface area (Å²) in [6, 6.07) is 15.2. The van der Waals surface area contributed by atoms with Crippen LogP contribution in [-0.4, -0.2) is 25.5 Å². The van der Waals surface area contributed by atoms with E-state index in [1.54, 1.807) is 30.3 Å². The first-order valence-corrected chi connectivity index (χ1v) is 9.85. The summed E-state index contributed by atoms with van der Waals surface area (Å²) in [4.78, 5) is 0. The van der Waals surface area contributed by atoms with E-state index in [0.29, 0.717) is 28.1 Å². The van der Waals surface area contributed by atoms with Crippen LogP contribution in [0.1, 0.15) is 11.6 Å². The molecule has 180 valence electrons. The van der Waals surface area contributed by atoms with E-state index >= 15 is 0 Å². The topological polar surface area (TPSA) is 39.7 Å². The predicted octanol–water partition coefficient (Wildman–Crippen LogP) is 7.03. The first kappa shape index (κ1) is 23.5. The Morgan fingerprint density at radius 3 is 2.24 bits per heavy atom. The minimum atomic E-state index is -4.84. The molecule has 1 aliphatic rings. The lowest BCUT2D eigenvalue weighted by atomic mass is 10.0. The molecule has 1 aliphatic heterocycles. The number of hydrogen-bond donors (Lipinski definition) is 1. The Morgan fingerprint density at radius 2 is 1.53 bits per heavy atom. The standard InChI is InChI=1S/C23H16F7NO3/c24-21(25)22(26,27)33-15-6-2-5-14(11-15)19-12-32-20-17(8-3-9-18(20)31-19)13-4-1-7-16(10-13)34-23(28,29)30/h1-11,19,21,31H,12H2. The highest BCUT2D eigenvalue weighted by Gasteiger charge is 2.44. The van der Waals surface area contributed by atoms with Gasteiger partial charge in [-0.05, 0) is 41.5 Å². The van der Waals surface area contributed by atoms with Gasteiger partial charge in [0, 0.05) is 5.56 Å². The zero-order chi connectivity index (χ0) is 24.5. The van der Waals surface area contributed by atoms with Gasteiger partial charge in [0.15, 0.2) is 0 Å². The van der Waals surface area contributed by atoms with Crippen LogP contribution in [0.4, 0.5) is 36.4 Å². The van der Waals surface area contributed by atoms with Gasteiger partial charge in [0.1, 0.15) is 23.9 Å². The molecule has 0 aliphatic carbocycles. The Balaban J connectivity index is 1.57. The fourth-order valence-electron chi connectivity index (χ4n) is 3.47. The van der Waals surface area contributed by atoms with Crippen molar-refractivity contribution >= 4 is 5.69 Å². The number of hydrogen-bond acceptors (Lipinski definition) is 4. The number of para-hydroxylation sites is 1. The number of ether oxygens (including phenoxy) is 3. The Hall–Kier alpha value is -3.63. The molecular formula is C23H16F7NO3. The fourth-order valence-corrected chi connectivity index (χ4v) is 3.47. The van der Waals surface area contributed by atoms with Crippen LogP contribution >= 0.6 is 0 Å². The number of rotatable bonds is 6. The molecule has 1 heterocycles. The van der Waals surface area contributed by atoms with Crippen molar-refractivity contribution in [1.82, 2.24) is 0 Å². The molecule has 0 bridgehead atoms. The van der Waals surface area contributed by atoms with E-state index in [0.717, 1.165) is 6.07 Å². The highest BCUT2D eigenvalue weighted by molar-refractivity contribution is 5.79. The van der Waals surface area contributed by atoms with Crippen LogP contribution in [0.3, 0.4) is 0 Å². The quantitative estimate of drug-likeness (QED) is 0.379. The Morgan fingerprint density at radius 1 is 0.853 bits per heavy atom. The van der Waals surface area contributed by atoms with Crippen molar-refractivity contribution in [2.24, 2.45) is 0 Å². The first-order valence-electron chi connectivity index (χ1n) is 9.85. The van der Waals surface area contributed by atoms with Gasteiger partial charge in [0.25, 0.3) is 0 Å². The Kier molecular flexibility index (Phi) is 6.20. The van der Waals surface area contributed by atoms with Crippen LogP contribution in [0, 0.1) is 0 Å². The predicted molar refractivity (Wildman–Crippen MR) is 108 cm³/mol. The van der Waals surface area contributed by atoms with Crippen LogP contribution in [-0.2, 0) is 0 Å². The number of fused-ring (bicyclic) bond motifs is 1. The summed E-state index contributed by atoms with van der Waals surface area (Å²) in [5, 5.41) is 3.16. The van der Waals surface area contributed by atoms with Crippen molar-refractivity contribution < 1.29 is 44.9 Å². The van der Waals surface area contributed by atoms with Gasteiger partial charge in [-0.2, -0.15) is 17.6 Å². The van der Waals surface area contributed by atoms with Gasteiger partial charge in [-0.1, -0.05) is 36.4 Å². The molecule has 34 heavy (non-hydrogen) atoms. The molecule has 0 radical (unpaired) electrons.